The highest BCUT2D eigenvalue weighted by atomic mass is 19.1. The Kier molecular flexibility index (Phi) is 5.44. The molecule has 0 aliphatic rings. The van der Waals surface area contributed by atoms with E-state index in [0.717, 1.165) is 31.1 Å². The predicted molar refractivity (Wildman–Crippen MR) is 79.0 cm³/mol. The standard InChI is InChI=1S/C16H21F2N3/c1-3-7-19-16(8-12-10-20-21(4-2)11-12)14-9-13(17)5-6-15(14)18/h5-6,9-11,16,19H,3-4,7-8H2,1-2H3. The van der Waals surface area contributed by atoms with E-state index in [-0.39, 0.29) is 11.9 Å². The molecule has 0 spiro atoms. The van der Waals surface area contributed by atoms with Crippen LogP contribution in [0.5, 0.6) is 0 Å². The first kappa shape index (κ1) is 15.6. The zero-order valence-corrected chi connectivity index (χ0v) is 12.4. The maximum atomic E-state index is 14.0. The number of nitrogens with zero attached hydrogens (tertiary/aromatic N) is 2. The van der Waals surface area contributed by atoms with Crippen LogP contribution < -0.4 is 5.32 Å². The minimum Gasteiger partial charge on any atom is -0.310 e. The Bertz CT molecular complexity index is 581. The summed E-state index contributed by atoms with van der Waals surface area (Å²) >= 11 is 0. The molecule has 1 aromatic carbocycles. The summed E-state index contributed by atoms with van der Waals surface area (Å²) in [6, 6.07) is 3.34. The van der Waals surface area contributed by atoms with Crippen LogP contribution in [-0.4, -0.2) is 16.3 Å². The van der Waals surface area contributed by atoms with Crippen molar-refractivity contribution < 1.29 is 8.78 Å². The zero-order valence-electron chi connectivity index (χ0n) is 12.4. The van der Waals surface area contributed by atoms with Gasteiger partial charge in [-0.15, -0.1) is 0 Å². The molecule has 1 aromatic heterocycles. The topological polar surface area (TPSA) is 29.9 Å². The van der Waals surface area contributed by atoms with Crippen molar-refractivity contribution in [1.82, 2.24) is 15.1 Å². The number of rotatable bonds is 7. The third kappa shape index (κ3) is 4.11. The van der Waals surface area contributed by atoms with Crippen molar-refractivity contribution in [2.24, 2.45) is 0 Å². The van der Waals surface area contributed by atoms with Crippen LogP contribution in [-0.2, 0) is 13.0 Å². The van der Waals surface area contributed by atoms with Gasteiger partial charge in [-0.05, 0) is 50.1 Å². The van der Waals surface area contributed by atoms with E-state index in [1.165, 1.54) is 12.1 Å². The fraction of sp³-hybridized carbons (Fsp3) is 0.438. The minimum atomic E-state index is -0.418. The lowest BCUT2D eigenvalue weighted by molar-refractivity contribution is 0.490. The molecule has 0 saturated heterocycles. The monoisotopic (exact) mass is 293 g/mol. The van der Waals surface area contributed by atoms with Gasteiger partial charge in [-0.25, -0.2) is 8.78 Å². The SMILES string of the molecule is CCCNC(Cc1cnn(CC)c1)c1cc(F)ccc1F. The average Bonchev–Trinajstić information content (AvgIpc) is 2.94. The lowest BCUT2D eigenvalue weighted by atomic mass is 9.99. The first-order valence-corrected chi connectivity index (χ1v) is 7.33. The Balaban J connectivity index is 2.22. The van der Waals surface area contributed by atoms with Gasteiger partial charge in [0.25, 0.3) is 0 Å². The molecule has 1 N–H and O–H groups in total. The molecule has 0 bridgehead atoms. The van der Waals surface area contributed by atoms with E-state index in [0.29, 0.717) is 12.0 Å². The summed E-state index contributed by atoms with van der Waals surface area (Å²) in [5.41, 5.74) is 1.38. The second-order valence-electron chi connectivity index (χ2n) is 5.08. The van der Waals surface area contributed by atoms with Gasteiger partial charge in [0.05, 0.1) is 6.20 Å². The highest BCUT2D eigenvalue weighted by molar-refractivity contribution is 5.24. The predicted octanol–water partition coefficient (Wildman–Crippen LogP) is 3.46. The molecule has 21 heavy (non-hydrogen) atoms. The van der Waals surface area contributed by atoms with Gasteiger partial charge in [0, 0.05) is 24.3 Å². The number of hydrogen-bond donors (Lipinski definition) is 1. The van der Waals surface area contributed by atoms with Crippen molar-refractivity contribution in [2.75, 3.05) is 6.54 Å². The fourth-order valence-corrected chi connectivity index (χ4v) is 2.31. The van der Waals surface area contributed by atoms with E-state index < -0.39 is 5.82 Å². The molecule has 0 aliphatic heterocycles. The van der Waals surface area contributed by atoms with E-state index in [1.54, 1.807) is 6.20 Å². The molecular formula is C16H21F2N3. The molecule has 0 amide bonds. The molecule has 1 heterocycles. The maximum Gasteiger partial charge on any atom is 0.128 e. The lowest BCUT2D eigenvalue weighted by Gasteiger charge is -2.19. The van der Waals surface area contributed by atoms with Gasteiger partial charge < -0.3 is 5.32 Å². The lowest BCUT2D eigenvalue weighted by Crippen LogP contribution is -2.25. The molecule has 0 radical (unpaired) electrons. The van der Waals surface area contributed by atoms with Gasteiger partial charge in [-0.2, -0.15) is 5.10 Å². The summed E-state index contributed by atoms with van der Waals surface area (Å²) in [5, 5.41) is 7.51. The fourth-order valence-electron chi connectivity index (χ4n) is 2.31. The second-order valence-corrected chi connectivity index (χ2v) is 5.08. The molecule has 0 fully saturated rings. The van der Waals surface area contributed by atoms with Crippen LogP contribution in [0.3, 0.4) is 0 Å². The number of nitrogens with one attached hydrogen (secondary N) is 1. The number of halogens is 2. The molecule has 1 atom stereocenters. The summed E-state index contributed by atoms with van der Waals surface area (Å²) in [7, 11) is 0. The molecule has 2 rings (SSSR count). The molecule has 114 valence electrons. The van der Waals surface area contributed by atoms with Crippen LogP contribution in [0.4, 0.5) is 8.78 Å². The van der Waals surface area contributed by atoms with E-state index in [2.05, 4.69) is 10.4 Å². The molecule has 0 saturated carbocycles. The van der Waals surface area contributed by atoms with Crippen molar-refractivity contribution in [3.63, 3.8) is 0 Å². The van der Waals surface area contributed by atoms with Crippen LogP contribution in [0.25, 0.3) is 0 Å². The Morgan fingerprint density at radius 1 is 1.29 bits per heavy atom. The summed E-state index contributed by atoms with van der Waals surface area (Å²) in [6.07, 6.45) is 5.24. The first-order valence-electron chi connectivity index (χ1n) is 7.33. The summed E-state index contributed by atoms with van der Waals surface area (Å²) in [4.78, 5) is 0. The highest BCUT2D eigenvalue weighted by Crippen LogP contribution is 2.22. The van der Waals surface area contributed by atoms with Crippen LogP contribution in [0.1, 0.15) is 37.4 Å². The Morgan fingerprint density at radius 3 is 2.76 bits per heavy atom. The van der Waals surface area contributed by atoms with Gasteiger partial charge in [-0.1, -0.05) is 6.92 Å². The molecule has 0 aliphatic carbocycles. The normalized spacial score (nSPS) is 12.6. The van der Waals surface area contributed by atoms with E-state index in [9.17, 15) is 8.78 Å². The van der Waals surface area contributed by atoms with E-state index >= 15 is 0 Å². The van der Waals surface area contributed by atoms with Gasteiger partial charge >= 0.3 is 0 Å². The van der Waals surface area contributed by atoms with Crippen LogP contribution in [0, 0.1) is 11.6 Å². The second kappa shape index (κ2) is 7.31. The quantitative estimate of drug-likeness (QED) is 0.847. The maximum absolute atomic E-state index is 14.0. The van der Waals surface area contributed by atoms with Gasteiger partial charge in [-0.3, -0.25) is 4.68 Å². The summed E-state index contributed by atoms with van der Waals surface area (Å²) < 4.78 is 29.2. The van der Waals surface area contributed by atoms with E-state index in [1.807, 2.05) is 24.7 Å². The molecular weight excluding hydrogens is 272 g/mol. The van der Waals surface area contributed by atoms with Crippen LogP contribution >= 0.6 is 0 Å². The third-order valence-corrected chi connectivity index (χ3v) is 3.42. The number of hydrogen-bond acceptors (Lipinski definition) is 2. The van der Waals surface area contributed by atoms with Crippen molar-refractivity contribution >= 4 is 0 Å². The van der Waals surface area contributed by atoms with E-state index in [4.69, 9.17) is 0 Å². The minimum absolute atomic E-state index is 0.254. The van der Waals surface area contributed by atoms with Crippen molar-refractivity contribution in [1.29, 1.82) is 0 Å². The molecule has 1 unspecified atom stereocenters. The Labute approximate surface area is 124 Å². The first-order chi connectivity index (χ1) is 10.1. The van der Waals surface area contributed by atoms with Crippen LogP contribution in [0.15, 0.2) is 30.6 Å². The van der Waals surface area contributed by atoms with Gasteiger partial charge in [0.2, 0.25) is 0 Å². The third-order valence-electron chi connectivity index (χ3n) is 3.42. The Hall–Kier alpha value is -1.75. The molecule has 3 nitrogen and oxygen atoms in total. The molecule has 5 heteroatoms. The number of aryl methyl sites for hydroxylation is 1. The number of aromatic nitrogens is 2. The van der Waals surface area contributed by atoms with Gasteiger partial charge in [0.1, 0.15) is 11.6 Å². The highest BCUT2D eigenvalue weighted by Gasteiger charge is 2.17. The Morgan fingerprint density at radius 2 is 2.10 bits per heavy atom. The van der Waals surface area contributed by atoms with Gasteiger partial charge in [0.15, 0.2) is 0 Å². The van der Waals surface area contributed by atoms with Crippen molar-refractivity contribution in [2.45, 2.75) is 39.3 Å². The summed E-state index contributed by atoms with van der Waals surface area (Å²) in [6.45, 7) is 5.60. The smallest absolute Gasteiger partial charge is 0.128 e. The van der Waals surface area contributed by atoms with Crippen molar-refractivity contribution in [3.8, 4) is 0 Å². The average molecular weight is 293 g/mol. The van der Waals surface area contributed by atoms with Crippen molar-refractivity contribution in [3.05, 3.63) is 53.4 Å². The summed E-state index contributed by atoms with van der Waals surface area (Å²) in [5.74, 6) is -0.799. The zero-order chi connectivity index (χ0) is 15.2. The molecule has 2 aromatic rings. The van der Waals surface area contributed by atoms with Crippen LogP contribution in [0.2, 0.25) is 0 Å². The number of benzene rings is 1. The largest absolute Gasteiger partial charge is 0.310 e.